The van der Waals surface area contributed by atoms with Crippen molar-refractivity contribution in [3.05, 3.63) is 52.3 Å². The number of fused-ring (bicyclic) bond motifs is 1. The highest BCUT2D eigenvalue weighted by molar-refractivity contribution is 6.32. The molecule has 4 aromatic rings. The number of H-pyrrole nitrogens is 1. The van der Waals surface area contributed by atoms with Gasteiger partial charge in [0.25, 0.3) is 11.8 Å². The van der Waals surface area contributed by atoms with Gasteiger partial charge in [0, 0.05) is 12.3 Å². The summed E-state index contributed by atoms with van der Waals surface area (Å²) in [6.07, 6.45) is -3.27. The van der Waals surface area contributed by atoms with Gasteiger partial charge < -0.3 is 15.8 Å². The Morgan fingerprint density at radius 3 is 2.76 bits per heavy atom. The first-order valence-electron chi connectivity index (χ1n) is 9.41. The zero-order valence-corrected chi connectivity index (χ0v) is 17.9. The second-order valence-corrected chi connectivity index (χ2v) is 7.37. The number of carbonyl (C=O) groups is 2. The number of ether oxygens (including phenoxy) is 1. The van der Waals surface area contributed by atoms with E-state index in [1.807, 2.05) is 0 Å². The molecule has 0 aliphatic heterocycles. The second-order valence-electron chi connectivity index (χ2n) is 6.96. The number of hydrogen-bond acceptors (Lipinski definition) is 7. The molecule has 0 saturated heterocycles. The van der Waals surface area contributed by atoms with Crippen LogP contribution in [0, 0.1) is 6.92 Å². The van der Waals surface area contributed by atoms with Crippen LogP contribution in [0.1, 0.15) is 26.4 Å². The molecule has 0 spiro atoms. The predicted octanol–water partition coefficient (Wildman–Crippen LogP) is 2.79. The predicted molar refractivity (Wildman–Crippen MR) is 113 cm³/mol. The Kier molecular flexibility index (Phi) is 5.83. The van der Waals surface area contributed by atoms with Crippen LogP contribution < -0.4 is 15.8 Å². The lowest BCUT2D eigenvalue weighted by Gasteiger charge is -2.13. The van der Waals surface area contributed by atoms with Gasteiger partial charge in [-0.15, -0.1) is 10.2 Å². The first-order chi connectivity index (χ1) is 16.0. The van der Waals surface area contributed by atoms with Gasteiger partial charge in [0.15, 0.2) is 12.4 Å². The third kappa shape index (κ3) is 4.47. The Morgan fingerprint density at radius 1 is 1.32 bits per heavy atom. The van der Waals surface area contributed by atoms with Crippen molar-refractivity contribution >= 4 is 40.1 Å². The van der Waals surface area contributed by atoms with E-state index in [9.17, 15) is 22.8 Å². The molecule has 0 saturated carbocycles. The molecule has 0 unspecified atom stereocenters. The summed E-state index contributed by atoms with van der Waals surface area (Å²) < 4.78 is 43.5. The number of alkyl halides is 3. The molecule has 0 aliphatic rings. The van der Waals surface area contributed by atoms with Gasteiger partial charge in [0.05, 0.1) is 16.3 Å². The summed E-state index contributed by atoms with van der Waals surface area (Å²) in [5.41, 5.74) is 6.19. The summed E-state index contributed by atoms with van der Waals surface area (Å²) in [7, 11) is 0. The normalized spacial score (nSPS) is 11.6. The minimum Gasteiger partial charge on any atom is -0.467 e. The highest BCUT2D eigenvalue weighted by atomic mass is 35.5. The number of anilines is 1. The highest BCUT2D eigenvalue weighted by Gasteiger charge is 2.30. The van der Waals surface area contributed by atoms with E-state index in [0.29, 0.717) is 11.1 Å². The van der Waals surface area contributed by atoms with Gasteiger partial charge in [-0.25, -0.2) is 9.67 Å². The molecule has 176 valence electrons. The summed E-state index contributed by atoms with van der Waals surface area (Å²) >= 11 is 6.14. The van der Waals surface area contributed by atoms with Crippen molar-refractivity contribution < 1.29 is 27.5 Å². The monoisotopic (exact) mass is 494 g/mol. The SMILES string of the molecule is Cc1cc2nn[nH]c2c(C(N)=O)c1NC(=O)c1cc(OCC(F)(F)F)nn1-c1ncccc1Cl. The maximum Gasteiger partial charge on any atom is 0.422 e. The fourth-order valence-corrected chi connectivity index (χ4v) is 3.35. The number of pyridine rings is 1. The molecule has 0 fully saturated rings. The minimum atomic E-state index is -4.63. The maximum absolute atomic E-state index is 13.2. The van der Waals surface area contributed by atoms with Crippen LogP contribution in [0.5, 0.6) is 5.88 Å². The average molecular weight is 495 g/mol. The molecule has 0 bridgehead atoms. The molecule has 0 radical (unpaired) electrons. The molecular formula is C19H14ClF3N8O3. The van der Waals surface area contributed by atoms with E-state index < -0.39 is 30.5 Å². The summed E-state index contributed by atoms with van der Waals surface area (Å²) in [6.45, 7) is -0.0313. The minimum absolute atomic E-state index is 0.0313. The summed E-state index contributed by atoms with van der Waals surface area (Å²) in [5, 5.41) is 16.5. The first-order valence-corrected chi connectivity index (χ1v) is 9.79. The molecule has 4 rings (SSSR count). The number of nitrogens with two attached hydrogens (primary N) is 1. The lowest BCUT2D eigenvalue weighted by molar-refractivity contribution is -0.154. The number of benzene rings is 1. The van der Waals surface area contributed by atoms with Gasteiger partial charge >= 0.3 is 6.18 Å². The van der Waals surface area contributed by atoms with Crippen LogP contribution in [0.4, 0.5) is 18.9 Å². The fraction of sp³-hybridized carbons (Fsp3) is 0.158. The first kappa shape index (κ1) is 23.0. The third-order valence-corrected chi connectivity index (χ3v) is 4.85. The largest absolute Gasteiger partial charge is 0.467 e. The quantitative estimate of drug-likeness (QED) is 0.372. The Morgan fingerprint density at radius 2 is 2.09 bits per heavy atom. The summed E-state index contributed by atoms with van der Waals surface area (Å²) in [6, 6.07) is 5.53. The number of nitrogens with zero attached hydrogens (tertiary/aromatic N) is 5. The van der Waals surface area contributed by atoms with E-state index in [4.69, 9.17) is 17.3 Å². The number of amides is 2. The standard InChI is InChI=1S/C19H14ClF3N8O3/c1-8-5-10-15(28-30-27-10)13(16(24)32)14(8)26-18(33)11-6-12(34-7-19(21,22)23)29-31(11)17-9(20)3-2-4-25-17/h2-6H,7H2,1H3,(H2,24,32)(H,26,33)(H,27,28,30). The molecule has 3 aromatic heterocycles. The topological polar surface area (TPSA) is 154 Å². The zero-order valence-electron chi connectivity index (χ0n) is 17.1. The number of rotatable bonds is 6. The van der Waals surface area contributed by atoms with Crippen LogP contribution in [0.25, 0.3) is 16.9 Å². The maximum atomic E-state index is 13.2. The highest BCUT2D eigenvalue weighted by Crippen LogP contribution is 2.29. The molecule has 0 aliphatic carbocycles. The lowest BCUT2D eigenvalue weighted by Crippen LogP contribution is -2.22. The third-order valence-electron chi connectivity index (χ3n) is 4.55. The van der Waals surface area contributed by atoms with E-state index in [-0.39, 0.29) is 33.3 Å². The fourth-order valence-electron chi connectivity index (χ4n) is 3.15. The molecule has 15 heteroatoms. The number of nitrogens with one attached hydrogen (secondary N) is 2. The Bertz CT molecular complexity index is 1420. The summed E-state index contributed by atoms with van der Waals surface area (Å²) in [4.78, 5) is 29.4. The van der Waals surface area contributed by atoms with Crippen molar-refractivity contribution in [2.24, 2.45) is 5.73 Å². The van der Waals surface area contributed by atoms with Gasteiger partial charge in [-0.3, -0.25) is 14.7 Å². The zero-order chi connectivity index (χ0) is 24.6. The Hall–Kier alpha value is -4.20. The van der Waals surface area contributed by atoms with Gasteiger partial charge in [0.2, 0.25) is 5.88 Å². The number of primary amides is 1. The van der Waals surface area contributed by atoms with Crippen LogP contribution in [0.3, 0.4) is 0 Å². The molecule has 0 atom stereocenters. The lowest BCUT2D eigenvalue weighted by atomic mass is 10.0. The van der Waals surface area contributed by atoms with Crippen LogP contribution in [-0.4, -0.2) is 54.8 Å². The average Bonchev–Trinajstić information content (AvgIpc) is 3.39. The number of halogens is 4. The number of carbonyl (C=O) groups excluding carboxylic acids is 2. The smallest absolute Gasteiger partial charge is 0.422 e. The van der Waals surface area contributed by atoms with Crippen molar-refractivity contribution in [3.8, 4) is 11.7 Å². The van der Waals surface area contributed by atoms with Gasteiger partial charge in [0.1, 0.15) is 16.7 Å². The van der Waals surface area contributed by atoms with Crippen molar-refractivity contribution in [3.63, 3.8) is 0 Å². The number of aryl methyl sites for hydroxylation is 1. The molecular weight excluding hydrogens is 481 g/mol. The van der Waals surface area contributed by atoms with E-state index in [2.05, 4.69) is 35.5 Å². The molecule has 1 aromatic carbocycles. The van der Waals surface area contributed by atoms with Gasteiger partial charge in [-0.2, -0.15) is 13.2 Å². The van der Waals surface area contributed by atoms with E-state index in [1.165, 1.54) is 18.3 Å². The van der Waals surface area contributed by atoms with E-state index in [1.54, 1.807) is 13.0 Å². The van der Waals surface area contributed by atoms with Gasteiger partial charge in [-0.1, -0.05) is 16.8 Å². The van der Waals surface area contributed by atoms with E-state index in [0.717, 1.165) is 10.7 Å². The molecule has 3 heterocycles. The van der Waals surface area contributed by atoms with E-state index >= 15 is 0 Å². The summed E-state index contributed by atoms with van der Waals surface area (Å²) in [5.74, 6) is -2.25. The van der Waals surface area contributed by atoms with Gasteiger partial charge in [-0.05, 0) is 30.7 Å². The molecule has 34 heavy (non-hydrogen) atoms. The Labute approximate surface area is 193 Å². The number of aromatic amines is 1. The van der Waals surface area contributed by atoms with Crippen molar-refractivity contribution in [2.75, 3.05) is 11.9 Å². The molecule has 2 amide bonds. The number of aromatic nitrogens is 6. The molecule has 11 nitrogen and oxygen atoms in total. The van der Waals surface area contributed by atoms with Crippen molar-refractivity contribution in [2.45, 2.75) is 13.1 Å². The van der Waals surface area contributed by atoms with Crippen LogP contribution in [0.15, 0.2) is 30.5 Å². The van der Waals surface area contributed by atoms with Crippen LogP contribution in [0.2, 0.25) is 5.02 Å². The van der Waals surface area contributed by atoms with Crippen molar-refractivity contribution in [1.82, 2.24) is 30.2 Å². The van der Waals surface area contributed by atoms with Crippen molar-refractivity contribution in [1.29, 1.82) is 0 Å². The van der Waals surface area contributed by atoms with Crippen LogP contribution in [-0.2, 0) is 0 Å². The second kappa shape index (κ2) is 8.62. The Balaban J connectivity index is 1.78. The number of hydrogen-bond donors (Lipinski definition) is 3. The van der Waals surface area contributed by atoms with Crippen LogP contribution >= 0.6 is 11.6 Å². The molecule has 4 N–H and O–H groups in total.